The number of hydrogen-bond acceptors (Lipinski definition) is 3. The van der Waals surface area contributed by atoms with Crippen LogP contribution in [0.1, 0.15) is 39.3 Å². The van der Waals surface area contributed by atoms with Gasteiger partial charge in [-0.3, -0.25) is 0 Å². The molecule has 3 nitrogen and oxygen atoms in total. The van der Waals surface area contributed by atoms with Gasteiger partial charge in [-0.25, -0.2) is 0 Å². The fourth-order valence-corrected chi connectivity index (χ4v) is 2.90. The van der Waals surface area contributed by atoms with Crippen molar-refractivity contribution in [1.82, 2.24) is 5.32 Å². The lowest BCUT2D eigenvalue weighted by atomic mass is 10.1. The van der Waals surface area contributed by atoms with Gasteiger partial charge in [0.1, 0.15) is 0 Å². The van der Waals surface area contributed by atoms with Gasteiger partial charge in [0.15, 0.2) is 0 Å². The first-order valence-electron chi connectivity index (χ1n) is 6.71. The molecule has 0 bridgehead atoms. The monoisotopic (exact) mass is 328 g/mol. The van der Waals surface area contributed by atoms with Crippen LogP contribution >= 0.6 is 15.9 Å². The van der Waals surface area contributed by atoms with E-state index in [4.69, 9.17) is 0 Å². The van der Waals surface area contributed by atoms with Gasteiger partial charge in [0.05, 0.1) is 5.60 Å². The van der Waals surface area contributed by atoms with Crippen LogP contribution in [0.2, 0.25) is 0 Å². The molecule has 1 atom stereocenters. The summed E-state index contributed by atoms with van der Waals surface area (Å²) < 4.78 is 1.10. The average Bonchev–Trinajstić information content (AvgIpc) is 2.26. The maximum atomic E-state index is 9.87. The molecule has 0 spiro atoms. The van der Waals surface area contributed by atoms with Crippen molar-refractivity contribution in [1.29, 1.82) is 0 Å². The normalized spacial score (nSPS) is 13.4. The summed E-state index contributed by atoms with van der Waals surface area (Å²) >= 11 is 3.64. The number of anilines is 1. The van der Waals surface area contributed by atoms with Crippen molar-refractivity contribution in [3.8, 4) is 0 Å². The highest BCUT2D eigenvalue weighted by atomic mass is 79.9. The standard InChI is InChI=1S/C15H25BrN2O/c1-6-17-11(2)13-8-7-12(9-14(13)16)18(5)10-15(3,4)19/h7-9,11,17,19H,6,10H2,1-5H3. The molecule has 0 aliphatic rings. The van der Waals surface area contributed by atoms with Gasteiger partial charge >= 0.3 is 0 Å². The molecule has 0 saturated heterocycles. The fourth-order valence-electron chi connectivity index (χ4n) is 2.19. The highest BCUT2D eigenvalue weighted by Crippen LogP contribution is 2.28. The summed E-state index contributed by atoms with van der Waals surface area (Å²) in [6.07, 6.45) is 0. The van der Waals surface area contributed by atoms with E-state index in [1.54, 1.807) is 0 Å². The van der Waals surface area contributed by atoms with Crippen molar-refractivity contribution in [2.75, 3.05) is 25.0 Å². The van der Waals surface area contributed by atoms with Crippen molar-refractivity contribution in [2.45, 2.75) is 39.3 Å². The molecule has 0 fully saturated rings. The van der Waals surface area contributed by atoms with Gasteiger partial charge in [-0.1, -0.05) is 28.9 Å². The molecule has 0 aromatic heterocycles. The van der Waals surface area contributed by atoms with E-state index in [0.29, 0.717) is 12.6 Å². The molecule has 2 N–H and O–H groups in total. The molecule has 1 unspecified atom stereocenters. The van der Waals surface area contributed by atoms with Crippen molar-refractivity contribution < 1.29 is 5.11 Å². The molecule has 108 valence electrons. The number of benzene rings is 1. The number of likely N-dealkylation sites (N-methyl/N-ethyl adjacent to an activating group) is 1. The first-order valence-corrected chi connectivity index (χ1v) is 7.50. The Kier molecular flexibility index (Phi) is 5.83. The number of nitrogens with zero attached hydrogens (tertiary/aromatic N) is 1. The molecule has 0 amide bonds. The van der Waals surface area contributed by atoms with Gasteiger partial charge < -0.3 is 15.3 Å². The van der Waals surface area contributed by atoms with Crippen LogP contribution in [0.25, 0.3) is 0 Å². The molecule has 0 aliphatic heterocycles. The molecule has 1 aromatic carbocycles. The molecule has 19 heavy (non-hydrogen) atoms. The van der Waals surface area contributed by atoms with Gasteiger partial charge in [0.25, 0.3) is 0 Å². The third-order valence-electron chi connectivity index (χ3n) is 3.03. The Bertz CT molecular complexity index is 415. The minimum absolute atomic E-state index is 0.327. The molecule has 1 aromatic rings. The summed E-state index contributed by atoms with van der Waals surface area (Å²) in [6.45, 7) is 9.45. The van der Waals surface area contributed by atoms with E-state index in [1.165, 1.54) is 5.56 Å². The second-order valence-corrected chi connectivity index (χ2v) is 6.51. The molecule has 0 saturated carbocycles. The molecule has 0 radical (unpaired) electrons. The second-order valence-electron chi connectivity index (χ2n) is 5.65. The maximum Gasteiger partial charge on any atom is 0.0765 e. The lowest BCUT2D eigenvalue weighted by molar-refractivity contribution is 0.0886. The van der Waals surface area contributed by atoms with Gasteiger partial charge in [-0.2, -0.15) is 0 Å². The molecule has 4 heteroatoms. The molecular weight excluding hydrogens is 304 g/mol. The Labute approximate surface area is 125 Å². The van der Waals surface area contributed by atoms with E-state index in [9.17, 15) is 5.11 Å². The summed E-state index contributed by atoms with van der Waals surface area (Å²) in [5, 5.41) is 13.3. The van der Waals surface area contributed by atoms with E-state index in [0.717, 1.165) is 16.7 Å². The SMILES string of the molecule is CCNC(C)c1ccc(N(C)CC(C)(C)O)cc1Br. The van der Waals surface area contributed by atoms with Crippen LogP contribution in [0.15, 0.2) is 22.7 Å². The van der Waals surface area contributed by atoms with Gasteiger partial charge in [-0.05, 0) is 45.0 Å². The van der Waals surface area contributed by atoms with Crippen LogP contribution in [-0.2, 0) is 0 Å². The largest absolute Gasteiger partial charge is 0.389 e. The zero-order chi connectivity index (χ0) is 14.6. The quantitative estimate of drug-likeness (QED) is 0.840. The number of rotatable bonds is 6. The lowest BCUT2D eigenvalue weighted by Crippen LogP contribution is -2.36. The number of nitrogens with one attached hydrogen (secondary N) is 1. The topological polar surface area (TPSA) is 35.5 Å². The Morgan fingerprint density at radius 3 is 2.53 bits per heavy atom. The van der Waals surface area contributed by atoms with Crippen molar-refractivity contribution in [3.05, 3.63) is 28.2 Å². The van der Waals surface area contributed by atoms with E-state index < -0.39 is 5.60 Å². The van der Waals surface area contributed by atoms with Crippen molar-refractivity contribution >= 4 is 21.6 Å². The number of aliphatic hydroxyl groups is 1. The van der Waals surface area contributed by atoms with E-state index in [2.05, 4.69) is 58.2 Å². The van der Waals surface area contributed by atoms with Crippen LogP contribution in [0.4, 0.5) is 5.69 Å². The highest BCUT2D eigenvalue weighted by Gasteiger charge is 2.17. The van der Waals surface area contributed by atoms with Gasteiger partial charge in [-0.15, -0.1) is 0 Å². The van der Waals surface area contributed by atoms with Gasteiger partial charge in [0, 0.05) is 29.8 Å². The summed E-state index contributed by atoms with van der Waals surface area (Å²) in [4.78, 5) is 2.06. The summed E-state index contributed by atoms with van der Waals surface area (Å²) in [6, 6.07) is 6.66. The van der Waals surface area contributed by atoms with Crippen molar-refractivity contribution in [3.63, 3.8) is 0 Å². The Morgan fingerprint density at radius 1 is 1.42 bits per heavy atom. The first-order chi connectivity index (χ1) is 8.74. The van der Waals surface area contributed by atoms with Crippen LogP contribution < -0.4 is 10.2 Å². The van der Waals surface area contributed by atoms with E-state index in [1.807, 2.05) is 20.9 Å². The predicted octanol–water partition coefficient (Wildman–Crippen LogP) is 3.33. The summed E-state index contributed by atoms with van der Waals surface area (Å²) in [5.41, 5.74) is 1.65. The maximum absolute atomic E-state index is 9.87. The smallest absolute Gasteiger partial charge is 0.0765 e. The minimum atomic E-state index is -0.697. The first kappa shape index (κ1) is 16.5. The second kappa shape index (κ2) is 6.73. The van der Waals surface area contributed by atoms with E-state index >= 15 is 0 Å². The Balaban J connectivity index is 2.87. The molecule has 0 aliphatic carbocycles. The zero-order valence-electron chi connectivity index (χ0n) is 12.5. The van der Waals surface area contributed by atoms with Crippen LogP contribution in [0.3, 0.4) is 0 Å². The molecule has 0 heterocycles. The zero-order valence-corrected chi connectivity index (χ0v) is 14.1. The minimum Gasteiger partial charge on any atom is -0.389 e. The van der Waals surface area contributed by atoms with Crippen LogP contribution in [-0.4, -0.2) is 30.8 Å². The molecule has 1 rings (SSSR count). The third kappa shape index (κ3) is 5.13. The summed E-state index contributed by atoms with van der Waals surface area (Å²) in [5.74, 6) is 0. The highest BCUT2D eigenvalue weighted by molar-refractivity contribution is 9.10. The van der Waals surface area contributed by atoms with E-state index in [-0.39, 0.29) is 0 Å². The number of halogens is 1. The Hall–Kier alpha value is -0.580. The predicted molar refractivity (Wildman–Crippen MR) is 85.8 cm³/mol. The fraction of sp³-hybridized carbons (Fsp3) is 0.600. The Morgan fingerprint density at radius 2 is 2.05 bits per heavy atom. The average molecular weight is 329 g/mol. The lowest BCUT2D eigenvalue weighted by Gasteiger charge is -2.28. The van der Waals surface area contributed by atoms with Crippen molar-refractivity contribution in [2.24, 2.45) is 0 Å². The molecular formula is C15H25BrN2O. The van der Waals surface area contributed by atoms with Crippen LogP contribution in [0.5, 0.6) is 0 Å². The van der Waals surface area contributed by atoms with Crippen LogP contribution in [0, 0.1) is 0 Å². The number of hydrogen-bond donors (Lipinski definition) is 2. The van der Waals surface area contributed by atoms with Gasteiger partial charge in [0.2, 0.25) is 0 Å². The summed E-state index contributed by atoms with van der Waals surface area (Å²) in [7, 11) is 1.99. The third-order valence-corrected chi connectivity index (χ3v) is 3.71.